The van der Waals surface area contributed by atoms with E-state index >= 15 is 0 Å². The second-order valence-corrected chi connectivity index (χ2v) is 3.92. The minimum absolute atomic E-state index is 0.0160. The number of halogens is 3. The Morgan fingerprint density at radius 1 is 1.56 bits per heavy atom. The summed E-state index contributed by atoms with van der Waals surface area (Å²) in [6.07, 6.45) is 0. The van der Waals surface area contributed by atoms with Gasteiger partial charge in [0.2, 0.25) is 0 Å². The normalized spacial score (nSPS) is 11.6. The Morgan fingerprint density at radius 3 is 2.61 bits per heavy atom. The molecule has 1 heterocycles. The van der Waals surface area contributed by atoms with Crippen molar-refractivity contribution >= 4 is 17.5 Å². The highest BCUT2D eigenvalue weighted by molar-refractivity contribution is 6.21. The van der Waals surface area contributed by atoms with Crippen LogP contribution in [0.5, 0.6) is 0 Å². The number of alkyl halides is 3. The monoisotopic (exact) mass is 280 g/mol. The number of carbonyl (C=O) groups is 1. The van der Waals surface area contributed by atoms with Gasteiger partial charge in [0.05, 0.1) is 6.61 Å². The summed E-state index contributed by atoms with van der Waals surface area (Å²) in [6.45, 7) is -0.143. The van der Waals surface area contributed by atoms with Crippen molar-refractivity contribution in [3.05, 3.63) is 33.7 Å². The Labute approximate surface area is 106 Å². The Kier molecular flexibility index (Phi) is 4.42. The zero-order chi connectivity index (χ0) is 13.9. The lowest BCUT2D eigenvalue weighted by Crippen LogP contribution is -2.34. The van der Waals surface area contributed by atoms with Gasteiger partial charge in [-0.25, -0.2) is 0 Å². The fourth-order valence-electron chi connectivity index (χ4n) is 1.42. The van der Waals surface area contributed by atoms with Crippen LogP contribution in [0.25, 0.3) is 0 Å². The van der Waals surface area contributed by atoms with E-state index in [2.05, 4.69) is 0 Å². The third-order valence-electron chi connectivity index (χ3n) is 2.25. The Morgan fingerprint density at radius 2 is 2.17 bits per heavy atom. The number of amides is 1. The van der Waals surface area contributed by atoms with Gasteiger partial charge in [0.15, 0.2) is 0 Å². The van der Waals surface area contributed by atoms with Crippen molar-refractivity contribution in [3.63, 3.8) is 0 Å². The van der Waals surface area contributed by atoms with Gasteiger partial charge in [-0.15, -0.1) is 0 Å². The molecular weight excluding hydrogens is 270 g/mol. The summed E-state index contributed by atoms with van der Waals surface area (Å²) < 4.78 is 31.6. The van der Waals surface area contributed by atoms with Gasteiger partial charge in [0.1, 0.15) is 11.3 Å². The molecule has 1 aromatic rings. The lowest BCUT2D eigenvalue weighted by atomic mass is 10.2. The molecule has 0 saturated carbocycles. The highest BCUT2D eigenvalue weighted by atomic mass is 35.5. The van der Waals surface area contributed by atoms with Crippen LogP contribution >= 0.6 is 11.6 Å². The minimum Gasteiger partial charge on any atom is -0.383 e. The van der Waals surface area contributed by atoms with E-state index in [1.165, 1.54) is 7.11 Å². The van der Waals surface area contributed by atoms with Crippen molar-refractivity contribution in [1.82, 2.24) is 4.57 Å². The average Bonchev–Trinajstić information content (AvgIpc) is 2.25. The van der Waals surface area contributed by atoms with Gasteiger partial charge in [-0.3, -0.25) is 9.59 Å². The van der Waals surface area contributed by atoms with Crippen LogP contribution in [0.15, 0.2) is 16.9 Å². The molecule has 0 aliphatic heterocycles. The number of methoxy groups -OCH3 is 1. The van der Waals surface area contributed by atoms with E-state index in [4.69, 9.17) is 22.1 Å². The van der Waals surface area contributed by atoms with Crippen molar-refractivity contribution in [3.8, 4) is 0 Å². The lowest BCUT2D eigenvalue weighted by molar-refractivity contribution is 0.0807. The molecule has 0 spiro atoms. The maximum absolute atomic E-state index is 13.1. The molecule has 0 saturated heterocycles. The second-order valence-electron chi connectivity index (χ2n) is 3.44. The molecule has 0 atom stereocenters. The summed E-state index contributed by atoms with van der Waals surface area (Å²) >= 11 is 4.90. The molecule has 1 aromatic heterocycles. The van der Waals surface area contributed by atoms with Crippen LogP contribution in [0.2, 0.25) is 0 Å². The number of pyridine rings is 1. The molecule has 0 aliphatic rings. The van der Waals surface area contributed by atoms with Crippen LogP contribution in [-0.2, 0) is 16.7 Å². The molecule has 1 amide bonds. The van der Waals surface area contributed by atoms with Crippen molar-refractivity contribution in [2.45, 2.75) is 11.9 Å². The minimum atomic E-state index is -3.72. The maximum Gasteiger partial charge on any atom is 0.362 e. The summed E-state index contributed by atoms with van der Waals surface area (Å²) in [5, 5.41) is -3.72. The third-order valence-corrected chi connectivity index (χ3v) is 2.44. The Bertz CT molecular complexity index is 511. The molecule has 5 nitrogen and oxygen atoms in total. The van der Waals surface area contributed by atoms with E-state index in [9.17, 15) is 18.4 Å². The zero-order valence-electron chi connectivity index (χ0n) is 9.45. The molecule has 18 heavy (non-hydrogen) atoms. The molecule has 2 N–H and O–H groups in total. The number of hydrogen-bond donors (Lipinski definition) is 1. The second kappa shape index (κ2) is 5.45. The van der Waals surface area contributed by atoms with Gasteiger partial charge >= 0.3 is 5.38 Å². The van der Waals surface area contributed by atoms with Crippen LogP contribution in [0.1, 0.15) is 16.1 Å². The molecule has 1 rings (SSSR count). The highest BCUT2D eigenvalue weighted by Crippen LogP contribution is 2.31. The van der Waals surface area contributed by atoms with Crippen LogP contribution in [0.3, 0.4) is 0 Å². The van der Waals surface area contributed by atoms with E-state index in [1.54, 1.807) is 0 Å². The summed E-state index contributed by atoms with van der Waals surface area (Å²) in [7, 11) is 1.35. The molecule has 0 unspecified atom stereocenters. The summed E-state index contributed by atoms with van der Waals surface area (Å²) in [5.74, 6) is -0.990. The van der Waals surface area contributed by atoms with Gasteiger partial charge in [0, 0.05) is 13.7 Å². The molecule has 0 aromatic carbocycles. The van der Waals surface area contributed by atoms with Crippen LogP contribution in [0, 0.1) is 0 Å². The van der Waals surface area contributed by atoms with E-state index in [0.29, 0.717) is 4.57 Å². The summed E-state index contributed by atoms with van der Waals surface area (Å²) in [4.78, 5) is 22.8. The van der Waals surface area contributed by atoms with Crippen molar-refractivity contribution in [1.29, 1.82) is 0 Å². The lowest BCUT2D eigenvalue weighted by Gasteiger charge is -2.16. The fourth-order valence-corrected chi connectivity index (χ4v) is 1.58. The van der Waals surface area contributed by atoms with E-state index in [-0.39, 0.29) is 18.7 Å². The number of ether oxygens (including phenoxy) is 1. The van der Waals surface area contributed by atoms with E-state index in [0.717, 1.165) is 12.1 Å². The number of rotatable bonds is 5. The number of hydrogen-bond acceptors (Lipinski definition) is 3. The summed E-state index contributed by atoms with van der Waals surface area (Å²) in [6, 6.07) is 1.82. The predicted octanol–water partition coefficient (Wildman–Crippen LogP) is 0.882. The van der Waals surface area contributed by atoms with Gasteiger partial charge in [-0.2, -0.15) is 8.78 Å². The molecule has 8 heteroatoms. The van der Waals surface area contributed by atoms with Gasteiger partial charge in [0.25, 0.3) is 11.5 Å². The Hall–Kier alpha value is -1.47. The van der Waals surface area contributed by atoms with Gasteiger partial charge in [-0.1, -0.05) is 0 Å². The standard InChI is InChI=1S/C10H11ClF2N2O3/c1-18-5-4-15-7(10(11,12)13)3-2-6(8(14)16)9(15)17/h2-3H,4-5H2,1H3,(H2,14,16). The van der Waals surface area contributed by atoms with Crippen LogP contribution in [-0.4, -0.2) is 24.2 Å². The highest BCUT2D eigenvalue weighted by Gasteiger charge is 2.32. The summed E-state index contributed by atoms with van der Waals surface area (Å²) in [5.41, 5.74) is 2.96. The van der Waals surface area contributed by atoms with E-state index in [1.807, 2.05) is 0 Å². The number of primary amides is 1. The van der Waals surface area contributed by atoms with Crippen molar-refractivity contribution in [2.24, 2.45) is 5.73 Å². The van der Waals surface area contributed by atoms with Crippen molar-refractivity contribution < 1.29 is 18.3 Å². The molecule has 0 bridgehead atoms. The fraction of sp³-hybridized carbons (Fsp3) is 0.400. The largest absolute Gasteiger partial charge is 0.383 e. The molecular formula is C10H11ClF2N2O3. The molecule has 100 valence electrons. The first kappa shape index (κ1) is 14.6. The first-order chi connectivity index (χ1) is 8.29. The molecule has 0 radical (unpaired) electrons. The van der Waals surface area contributed by atoms with Gasteiger partial charge < -0.3 is 15.0 Å². The number of aromatic nitrogens is 1. The first-order valence-corrected chi connectivity index (χ1v) is 5.26. The van der Waals surface area contributed by atoms with Crippen molar-refractivity contribution in [2.75, 3.05) is 13.7 Å². The number of nitrogens with zero attached hydrogens (tertiary/aromatic N) is 1. The SMILES string of the molecule is COCCn1c(C(F)(F)Cl)ccc(C(N)=O)c1=O. The quantitative estimate of drug-likeness (QED) is 0.814. The van der Waals surface area contributed by atoms with Gasteiger partial charge in [-0.05, 0) is 23.7 Å². The third kappa shape index (κ3) is 3.05. The number of carbonyl (C=O) groups excluding carboxylic acids is 1. The van der Waals surface area contributed by atoms with E-state index < -0.39 is 22.5 Å². The van der Waals surface area contributed by atoms with Crippen LogP contribution in [0.4, 0.5) is 8.78 Å². The number of nitrogens with two attached hydrogens (primary N) is 1. The predicted molar refractivity (Wildman–Crippen MR) is 60.8 cm³/mol. The van der Waals surface area contributed by atoms with Crippen LogP contribution < -0.4 is 11.3 Å². The maximum atomic E-state index is 13.1. The Balaban J connectivity index is 3.42. The topological polar surface area (TPSA) is 74.3 Å². The first-order valence-electron chi connectivity index (χ1n) is 4.88. The molecule has 0 aliphatic carbocycles. The smallest absolute Gasteiger partial charge is 0.362 e. The molecule has 0 fully saturated rings. The average molecular weight is 281 g/mol. The zero-order valence-corrected chi connectivity index (χ0v) is 10.2.